The minimum Gasteiger partial charge on any atom is -0.454 e. The molecule has 3 atom stereocenters. The molecular formula is C20H24O4. The molecule has 0 aromatic heterocycles. The molecule has 1 saturated heterocycles. The Bertz CT molecular complexity index is 665. The summed E-state index contributed by atoms with van der Waals surface area (Å²) in [5.41, 5.74) is 3.67. The van der Waals surface area contributed by atoms with Gasteiger partial charge < -0.3 is 9.47 Å². The third kappa shape index (κ3) is 3.53. The number of rotatable bonds is 0. The SMILES string of the molecule is C=C1C(=O)OC2C=C(C)C[C@H]3C=C(CCC=C(C)CC[C@H]12)C(=O)O3. The van der Waals surface area contributed by atoms with E-state index in [9.17, 15) is 9.59 Å². The summed E-state index contributed by atoms with van der Waals surface area (Å²) in [7, 11) is 0. The van der Waals surface area contributed by atoms with Gasteiger partial charge in [-0.05, 0) is 51.7 Å². The van der Waals surface area contributed by atoms with Crippen LogP contribution in [0.15, 0.2) is 47.1 Å². The van der Waals surface area contributed by atoms with Gasteiger partial charge in [-0.15, -0.1) is 0 Å². The number of hydrogen-bond donors (Lipinski definition) is 0. The predicted octanol–water partition coefficient (Wildman–Crippen LogP) is 3.79. The maximum atomic E-state index is 11.9. The van der Waals surface area contributed by atoms with Crippen molar-refractivity contribution in [3.05, 3.63) is 47.1 Å². The van der Waals surface area contributed by atoms with Crippen molar-refractivity contribution in [2.45, 2.75) is 58.2 Å². The van der Waals surface area contributed by atoms with E-state index in [0.717, 1.165) is 36.8 Å². The molecule has 1 unspecified atom stereocenters. The summed E-state index contributed by atoms with van der Waals surface area (Å²) in [6.07, 6.45) is 9.56. The summed E-state index contributed by atoms with van der Waals surface area (Å²) in [6, 6.07) is 0. The van der Waals surface area contributed by atoms with Gasteiger partial charge in [-0.1, -0.05) is 23.8 Å². The Morgan fingerprint density at radius 2 is 1.83 bits per heavy atom. The van der Waals surface area contributed by atoms with E-state index in [1.807, 2.05) is 19.1 Å². The lowest BCUT2D eigenvalue weighted by molar-refractivity contribution is -0.139. The molecule has 3 aliphatic rings. The van der Waals surface area contributed by atoms with Gasteiger partial charge in [-0.25, -0.2) is 9.59 Å². The molecular weight excluding hydrogens is 304 g/mol. The van der Waals surface area contributed by atoms with Crippen molar-refractivity contribution in [1.82, 2.24) is 0 Å². The van der Waals surface area contributed by atoms with Crippen LogP contribution in [0.5, 0.6) is 0 Å². The van der Waals surface area contributed by atoms with E-state index in [-0.39, 0.29) is 30.1 Å². The smallest absolute Gasteiger partial charge is 0.334 e. The van der Waals surface area contributed by atoms with Crippen LogP contribution in [0.2, 0.25) is 0 Å². The maximum Gasteiger partial charge on any atom is 0.334 e. The van der Waals surface area contributed by atoms with Gasteiger partial charge in [0.05, 0.1) is 0 Å². The standard InChI is InChI=1S/C20H24O4/c1-12-5-4-6-15-11-16(23-20(15)22)9-13(2)10-18-17(8-7-12)14(3)19(21)24-18/h5,10-11,16-18H,3-4,6-9H2,1-2H3/t16-,17+,18?/m0/s1. The van der Waals surface area contributed by atoms with E-state index in [1.165, 1.54) is 5.57 Å². The molecule has 2 heterocycles. The number of hydrogen-bond acceptors (Lipinski definition) is 4. The van der Waals surface area contributed by atoms with Gasteiger partial charge in [0.2, 0.25) is 0 Å². The fraction of sp³-hybridized carbons (Fsp3) is 0.500. The lowest BCUT2D eigenvalue weighted by Crippen LogP contribution is -2.16. The second-order valence-corrected chi connectivity index (χ2v) is 6.98. The highest BCUT2D eigenvalue weighted by atomic mass is 16.6. The first-order valence-corrected chi connectivity index (χ1v) is 8.58. The van der Waals surface area contributed by atoms with E-state index >= 15 is 0 Å². The molecule has 4 nitrogen and oxygen atoms in total. The largest absolute Gasteiger partial charge is 0.454 e. The molecule has 1 fully saturated rings. The van der Waals surface area contributed by atoms with Gasteiger partial charge in [0.1, 0.15) is 12.2 Å². The van der Waals surface area contributed by atoms with Gasteiger partial charge in [0.15, 0.2) is 0 Å². The summed E-state index contributed by atoms with van der Waals surface area (Å²) >= 11 is 0. The lowest BCUT2D eigenvalue weighted by Gasteiger charge is -2.16. The quantitative estimate of drug-likeness (QED) is 0.386. The summed E-state index contributed by atoms with van der Waals surface area (Å²) in [6.45, 7) is 8.00. The predicted molar refractivity (Wildman–Crippen MR) is 91.1 cm³/mol. The number of ether oxygens (including phenoxy) is 2. The van der Waals surface area contributed by atoms with Crippen molar-refractivity contribution in [1.29, 1.82) is 0 Å². The number of carbonyl (C=O) groups excluding carboxylic acids is 2. The topological polar surface area (TPSA) is 52.6 Å². The molecule has 0 aromatic carbocycles. The molecule has 2 aliphatic heterocycles. The van der Waals surface area contributed by atoms with Gasteiger partial charge in [-0.2, -0.15) is 0 Å². The Morgan fingerprint density at radius 1 is 1.04 bits per heavy atom. The first-order valence-electron chi connectivity index (χ1n) is 8.58. The number of esters is 2. The fourth-order valence-corrected chi connectivity index (χ4v) is 3.57. The van der Waals surface area contributed by atoms with Gasteiger partial charge >= 0.3 is 11.9 Å². The minimum absolute atomic E-state index is 0.0240. The summed E-state index contributed by atoms with van der Waals surface area (Å²) in [4.78, 5) is 23.8. The van der Waals surface area contributed by atoms with E-state index in [2.05, 4.69) is 19.6 Å². The Labute approximate surface area is 142 Å². The third-order valence-electron chi connectivity index (χ3n) is 4.99. The monoisotopic (exact) mass is 328 g/mol. The van der Waals surface area contributed by atoms with E-state index in [0.29, 0.717) is 12.0 Å². The molecule has 1 aliphatic carbocycles. The van der Waals surface area contributed by atoms with E-state index < -0.39 is 0 Å². The summed E-state index contributed by atoms with van der Waals surface area (Å²) < 4.78 is 10.9. The van der Waals surface area contributed by atoms with Crippen LogP contribution >= 0.6 is 0 Å². The molecule has 0 saturated carbocycles. The highest BCUT2D eigenvalue weighted by molar-refractivity contribution is 5.91. The number of carbonyl (C=O) groups is 2. The minimum atomic E-state index is -0.297. The van der Waals surface area contributed by atoms with Crippen molar-refractivity contribution < 1.29 is 19.1 Å². The van der Waals surface area contributed by atoms with E-state index in [1.54, 1.807) is 0 Å². The van der Waals surface area contributed by atoms with Gasteiger partial charge in [0, 0.05) is 23.5 Å². The zero-order valence-electron chi connectivity index (χ0n) is 14.3. The maximum absolute atomic E-state index is 11.9. The zero-order chi connectivity index (χ0) is 17.3. The first-order chi connectivity index (χ1) is 11.4. The molecule has 24 heavy (non-hydrogen) atoms. The normalized spacial score (nSPS) is 31.3. The Kier molecular flexibility index (Phi) is 4.74. The summed E-state index contributed by atoms with van der Waals surface area (Å²) in [5, 5.41) is 0. The molecule has 128 valence electrons. The van der Waals surface area contributed by atoms with E-state index in [4.69, 9.17) is 9.47 Å². The first kappa shape index (κ1) is 16.7. The molecule has 2 bridgehead atoms. The highest BCUT2D eigenvalue weighted by Gasteiger charge is 2.37. The van der Waals surface area contributed by atoms with Crippen molar-refractivity contribution in [3.8, 4) is 0 Å². The van der Waals surface area contributed by atoms with Crippen LogP contribution in [0, 0.1) is 5.92 Å². The van der Waals surface area contributed by atoms with Gasteiger partial charge in [-0.3, -0.25) is 0 Å². The van der Waals surface area contributed by atoms with Crippen LogP contribution in [0.1, 0.15) is 46.0 Å². The number of allylic oxidation sites excluding steroid dienone is 2. The van der Waals surface area contributed by atoms with Crippen molar-refractivity contribution >= 4 is 11.9 Å². The second kappa shape index (κ2) is 6.80. The second-order valence-electron chi connectivity index (χ2n) is 6.98. The van der Waals surface area contributed by atoms with Crippen LogP contribution in [-0.4, -0.2) is 24.1 Å². The zero-order valence-corrected chi connectivity index (χ0v) is 14.3. The van der Waals surface area contributed by atoms with Crippen LogP contribution in [-0.2, 0) is 19.1 Å². The molecule has 0 amide bonds. The van der Waals surface area contributed by atoms with Crippen LogP contribution in [0.25, 0.3) is 0 Å². The Balaban J connectivity index is 1.86. The highest BCUT2D eigenvalue weighted by Crippen LogP contribution is 2.34. The lowest BCUT2D eigenvalue weighted by atomic mass is 9.89. The molecule has 0 spiro atoms. The average Bonchev–Trinajstić information content (AvgIpc) is 2.97. The average molecular weight is 328 g/mol. The molecule has 3 rings (SSSR count). The Hall–Kier alpha value is -2.10. The molecule has 0 aromatic rings. The molecule has 4 heteroatoms. The van der Waals surface area contributed by atoms with Crippen molar-refractivity contribution in [2.24, 2.45) is 5.92 Å². The Morgan fingerprint density at radius 3 is 2.62 bits per heavy atom. The van der Waals surface area contributed by atoms with Crippen LogP contribution in [0.3, 0.4) is 0 Å². The van der Waals surface area contributed by atoms with Crippen molar-refractivity contribution in [3.63, 3.8) is 0 Å². The van der Waals surface area contributed by atoms with Crippen molar-refractivity contribution in [2.75, 3.05) is 0 Å². The summed E-state index contributed by atoms with van der Waals surface area (Å²) in [5.74, 6) is -0.474. The van der Waals surface area contributed by atoms with Crippen LogP contribution in [0.4, 0.5) is 0 Å². The molecule has 0 radical (unpaired) electrons. The van der Waals surface area contributed by atoms with Crippen LogP contribution < -0.4 is 0 Å². The van der Waals surface area contributed by atoms with Gasteiger partial charge in [0.25, 0.3) is 0 Å². The fourth-order valence-electron chi connectivity index (χ4n) is 3.57. The third-order valence-corrected chi connectivity index (χ3v) is 4.99. The number of fused-ring (bicyclic) bond motifs is 2. The molecule has 0 N–H and O–H groups in total.